The van der Waals surface area contributed by atoms with E-state index in [1.807, 2.05) is 0 Å². The van der Waals surface area contributed by atoms with Crippen LogP contribution in [-0.2, 0) is 9.53 Å². The molecule has 1 aromatic carbocycles. The van der Waals surface area contributed by atoms with Gasteiger partial charge < -0.3 is 10.1 Å². The van der Waals surface area contributed by atoms with E-state index in [1.54, 1.807) is 6.92 Å². The number of rotatable bonds is 5. The lowest BCUT2D eigenvalue weighted by Gasteiger charge is -2.05. The Bertz CT molecular complexity index is 518. The van der Waals surface area contributed by atoms with E-state index in [9.17, 15) is 19.7 Å². The first kappa shape index (κ1) is 14.9. The van der Waals surface area contributed by atoms with Crippen LogP contribution < -0.4 is 5.32 Å². The molecule has 0 aliphatic heterocycles. The van der Waals surface area contributed by atoms with Crippen molar-refractivity contribution in [3.8, 4) is 0 Å². The van der Waals surface area contributed by atoms with E-state index in [-0.39, 0.29) is 29.4 Å². The summed E-state index contributed by atoms with van der Waals surface area (Å²) in [5.41, 5.74) is -0.328. The molecule has 1 N–H and O–H groups in total. The Labute approximate surface area is 113 Å². The zero-order valence-corrected chi connectivity index (χ0v) is 10.8. The number of benzene rings is 1. The molecule has 0 aliphatic carbocycles. The molecule has 8 heteroatoms. The number of nitro groups is 1. The largest absolute Gasteiger partial charge is 0.465 e. The van der Waals surface area contributed by atoms with E-state index < -0.39 is 16.8 Å². The molecule has 0 saturated carbocycles. The Hall–Kier alpha value is -2.15. The van der Waals surface area contributed by atoms with Gasteiger partial charge in [0.25, 0.3) is 11.6 Å². The number of nitrogens with zero attached hydrogens (tertiary/aromatic N) is 1. The van der Waals surface area contributed by atoms with Crippen molar-refractivity contribution < 1.29 is 19.2 Å². The summed E-state index contributed by atoms with van der Waals surface area (Å²) in [4.78, 5) is 32.7. The van der Waals surface area contributed by atoms with Crippen LogP contribution in [0.25, 0.3) is 0 Å². The molecule has 1 aromatic rings. The molecule has 19 heavy (non-hydrogen) atoms. The predicted octanol–water partition coefficient (Wildman–Crippen LogP) is 1.54. The third-order valence-electron chi connectivity index (χ3n) is 2.10. The van der Waals surface area contributed by atoms with Crippen LogP contribution in [0.15, 0.2) is 18.2 Å². The number of hydrogen-bond acceptors (Lipinski definition) is 5. The lowest BCUT2D eigenvalue weighted by Crippen LogP contribution is -2.30. The van der Waals surface area contributed by atoms with Crippen molar-refractivity contribution in [1.82, 2.24) is 5.32 Å². The molecule has 0 unspecified atom stereocenters. The van der Waals surface area contributed by atoms with Crippen molar-refractivity contribution >= 4 is 29.2 Å². The van der Waals surface area contributed by atoms with Gasteiger partial charge in [-0.05, 0) is 19.1 Å². The summed E-state index contributed by atoms with van der Waals surface area (Å²) in [6.45, 7) is 1.55. The molecule has 0 fully saturated rings. The number of nitrogens with one attached hydrogen (secondary N) is 1. The van der Waals surface area contributed by atoms with Gasteiger partial charge in [-0.3, -0.25) is 19.7 Å². The third kappa shape index (κ3) is 4.22. The molecule has 7 nitrogen and oxygen atoms in total. The Balaban J connectivity index is 2.75. The molecular formula is C11H11ClN2O5. The number of carbonyl (C=O) groups is 2. The molecule has 0 atom stereocenters. The standard InChI is InChI=1S/C11H11ClN2O5/c1-2-19-10(15)6-13-11(16)7-3-4-8(12)9(5-7)14(17)18/h3-5H,2,6H2,1H3,(H,13,16). The molecular weight excluding hydrogens is 276 g/mol. The minimum atomic E-state index is -0.690. The summed E-state index contributed by atoms with van der Waals surface area (Å²) in [6.07, 6.45) is 0. The highest BCUT2D eigenvalue weighted by atomic mass is 35.5. The number of amides is 1. The molecule has 0 heterocycles. The first-order valence-corrected chi connectivity index (χ1v) is 5.71. The molecule has 0 saturated heterocycles. The quantitative estimate of drug-likeness (QED) is 0.503. The Morgan fingerprint density at radius 1 is 1.47 bits per heavy atom. The lowest BCUT2D eigenvalue weighted by atomic mass is 10.2. The van der Waals surface area contributed by atoms with E-state index in [4.69, 9.17) is 11.6 Å². The zero-order valence-electron chi connectivity index (χ0n) is 10.0. The van der Waals surface area contributed by atoms with Crippen molar-refractivity contribution in [2.75, 3.05) is 13.2 Å². The van der Waals surface area contributed by atoms with Gasteiger partial charge in [0.05, 0.1) is 11.5 Å². The smallest absolute Gasteiger partial charge is 0.325 e. The minimum absolute atomic E-state index is 0.0420. The summed E-state index contributed by atoms with van der Waals surface area (Å²) in [5, 5.41) is 12.9. The fourth-order valence-corrected chi connectivity index (χ4v) is 1.45. The second-order valence-electron chi connectivity index (χ2n) is 3.41. The molecule has 0 bridgehead atoms. The van der Waals surface area contributed by atoms with Crippen molar-refractivity contribution in [2.24, 2.45) is 0 Å². The average molecular weight is 287 g/mol. The molecule has 102 valence electrons. The fourth-order valence-electron chi connectivity index (χ4n) is 1.26. The fraction of sp³-hybridized carbons (Fsp3) is 0.273. The van der Waals surface area contributed by atoms with Gasteiger partial charge in [0.1, 0.15) is 11.6 Å². The topological polar surface area (TPSA) is 98.5 Å². The van der Waals surface area contributed by atoms with Crippen LogP contribution in [0.4, 0.5) is 5.69 Å². The van der Waals surface area contributed by atoms with Gasteiger partial charge >= 0.3 is 5.97 Å². The van der Waals surface area contributed by atoms with E-state index in [0.29, 0.717) is 0 Å². The van der Waals surface area contributed by atoms with Gasteiger partial charge in [0.15, 0.2) is 0 Å². The van der Waals surface area contributed by atoms with Crippen LogP contribution in [0.5, 0.6) is 0 Å². The van der Waals surface area contributed by atoms with Crippen LogP contribution in [0.3, 0.4) is 0 Å². The highest BCUT2D eigenvalue weighted by molar-refractivity contribution is 6.32. The Morgan fingerprint density at radius 2 is 2.16 bits per heavy atom. The summed E-state index contributed by atoms with van der Waals surface area (Å²) in [5.74, 6) is -1.20. The number of esters is 1. The van der Waals surface area contributed by atoms with Crippen LogP contribution in [-0.4, -0.2) is 30.0 Å². The molecule has 0 aromatic heterocycles. The summed E-state index contributed by atoms with van der Waals surface area (Å²) in [7, 11) is 0. The van der Waals surface area contributed by atoms with Crippen molar-refractivity contribution in [1.29, 1.82) is 0 Å². The monoisotopic (exact) mass is 286 g/mol. The number of halogens is 1. The first-order chi connectivity index (χ1) is 8.95. The van der Waals surface area contributed by atoms with Crippen LogP contribution in [0.2, 0.25) is 5.02 Å². The normalized spacial score (nSPS) is 9.79. The molecule has 0 spiro atoms. The van der Waals surface area contributed by atoms with E-state index in [0.717, 1.165) is 6.07 Å². The van der Waals surface area contributed by atoms with Gasteiger partial charge in [0, 0.05) is 11.6 Å². The number of ether oxygens (including phenoxy) is 1. The Morgan fingerprint density at radius 3 is 2.74 bits per heavy atom. The lowest BCUT2D eigenvalue weighted by molar-refractivity contribution is -0.384. The maximum absolute atomic E-state index is 11.7. The minimum Gasteiger partial charge on any atom is -0.465 e. The second kappa shape index (κ2) is 6.69. The third-order valence-corrected chi connectivity index (χ3v) is 2.42. The average Bonchev–Trinajstić information content (AvgIpc) is 2.36. The van der Waals surface area contributed by atoms with Crippen LogP contribution in [0.1, 0.15) is 17.3 Å². The maximum atomic E-state index is 11.7. The highest BCUT2D eigenvalue weighted by Crippen LogP contribution is 2.24. The maximum Gasteiger partial charge on any atom is 0.325 e. The molecule has 1 rings (SSSR count). The number of hydrogen-bond donors (Lipinski definition) is 1. The zero-order chi connectivity index (χ0) is 14.4. The van der Waals surface area contributed by atoms with Gasteiger partial charge in [-0.15, -0.1) is 0 Å². The summed E-state index contributed by atoms with van der Waals surface area (Å²) < 4.78 is 4.63. The van der Waals surface area contributed by atoms with Gasteiger partial charge in [-0.25, -0.2) is 0 Å². The van der Waals surface area contributed by atoms with Crippen LogP contribution >= 0.6 is 11.6 Å². The Kier molecular flexibility index (Phi) is 5.25. The molecule has 0 aliphatic rings. The van der Waals surface area contributed by atoms with Crippen molar-refractivity contribution in [3.63, 3.8) is 0 Å². The predicted molar refractivity (Wildman–Crippen MR) is 67.1 cm³/mol. The molecule has 1 amide bonds. The molecule has 0 radical (unpaired) electrons. The van der Waals surface area contributed by atoms with E-state index in [2.05, 4.69) is 10.1 Å². The highest BCUT2D eigenvalue weighted by Gasteiger charge is 2.16. The summed E-state index contributed by atoms with van der Waals surface area (Å²) in [6, 6.07) is 3.62. The number of nitro benzene ring substituents is 1. The van der Waals surface area contributed by atoms with Crippen LogP contribution in [0, 0.1) is 10.1 Å². The summed E-state index contributed by atoms with van der Waals surface area (Å²) >= 11 is 5.62. The van der Waals surface area contributed by atoms with Gasteiger partial charge in [0.2, 0.25) is 0 Å². The van der Waals surface area contributed by atoms with Crippen molar-refractivity contribution in [2.45, 2.75) is 6.92 Å². The van der Waals surface area contributed by atoms with E-state index >= 15 is 0 Å². The number of carbonyl (C=O) groups excluding carboxylic acids is 2. The van der Waals surface area contributed by atoms with E-state index in [1.165, 1.54) is 12.1 Å². The van der Waals surface area contributed by atoms with Gasteiger partial charge in [-0.1, -0.05) is 11.6 Å². The van der Waals surface area contributed by atoms with Gasteiger partial charge in [-0.2, -0.15) is 0 Å². The second-order valence-corrected chi connectivity index (χ2v) is 3.82. The van der Waals surface area contributed by atoms with Crippen molar-refractivity contribution in [3.05, 3.63) is 38.9 Å². The first-order valence-electron chi connectivity index (χ1n) is 5.33. The SMILES string of the molecule is CCOC(=O)CNC(=O)c1ccc(Cl)c([N+](=O)[O-])c1.